The molecule has 3 heteroatoms. The van der Waals surface area contributed by atoms with Gasteiger partial charge in [-0.15, -0.1) is 0 Å². The molecule has 0 aromatic carbocycles. The second kappa shape index (κ2) is 4.53. The predicted octanol–water partition coefficient (Wildman–Crippen LogP) is 1.21. The van der Waals surface area contributed by atoms with Gasteiger partial charge < -0.3 is 5.11 Å². The molecule has 1 N–H and O–H groups in total. The van der Waals surface area contributed by atoms with Crippen LogP contribution >= 0.6 is 0 Å². The Hall–Kier alpha value is -0.930. The van der Waals surface area contributed by atoms with Gasteiger partial charge in [0.15, 0.2) is 0 Å². The Kier molecular flexibility index (Phi) is 3.11. The molecule has 1 fully saturated rings. The number of rotatable bonds is 3. The molecule has 0 aliphatic carbocycles. The van der Waals surface area contributed by atoms with Crippen molar-refractivity contribution < 1.29 is 5.11 Å². The number of pyridine rings is 1. The second-order valence-electron chi connectivity index (χ2n) is 3.72. The van der Waals surface area contributed by atoms with Crippen LogP contribution in [-0.4, -0.2) is 34.7 Å². The Labute approximate surface area is 84.4 Å². The zero-order valence-electron chi connectivity index (χ0n) is 8.26. The first-order valence-corrected chi connectivity index (χ1v) is 5.16. The average Bonchev–Trinajstić information content (AvgIpc) is 2.74. The van der Waals surface area contributed by atoms with E-state index in [2.05, 4.69) is 9.88 Å². The number of hydrogen-bond donors (Lipinski definition) is 1. The molecule has 0 amide bonds. The minimum atomic E-state index is 0.167. The van der Waals surface area contributed by atoms with E-state index in [9.17, 15) is 5.11 Å². The molecule has 0 saturated carbocycles. The maximum Gasteiger partial charge on any atom is 0.0628 e. The lowest BCUT2D eigenvalue weighted by molar-refractivity contribution is 0.147. The van der Waals surface area contributed by atoms with Crippen molar-refractivity contribution in [2.75, 3.05) is 19.7 Å². The summed E-state index contributed by atoms with van der Waals surface area (Å²) < 4.78 is 0. The molecule has 1 aliphatic rings. The predicted molar refractivity (Wildman–Crippen MR) is 54.9 cm³/mol. The first kappa shape index (κ1) is 9.62. The van der Waals surface area contributed by atoms with Crippen molar-refractivity contribution >= 4 is 0 Å². The standard InChI is InChI=1S/C11H16N2O/c14-9-11(13-7-1-2-8-13)10-3-5-12-6-4-10/h3-6,11,14H,1-2,7-9H2/t11-/m0/s1. The van der Waals surface area contributed by atoms with Gasteiger partial charge >= 0.3 is 0 Å². The molecule has 76 valence electrons. The van der Waals surface area contributed by atoms with E-state index in [4.69, 9.17) is 0 Å². The van der Waals surface area contributed by atoms with E-state index in [0.29, 0.717) is 0 Å². The molecule has 0 unspecified atom stereocenters. The van der Waals surface area contributed by atoms with Gasteiger partial charge in [-0.1, -0.05) is 0 Å². The Morgan fingerprint density at radius 2 is 1.93 bits per heavy atom. The van der Waals surface area contributed by atoms with Gasteiger partial charge in [-0.25, -0.2) is 0 Å². The van der Waals surface area contributed by atoms with Crippen molar-refractivity contribution in [3.63, 3.8) is 0 Å². The van der Waals surface area contributed by atoms with Gasteiger partial charge in [0.05, 0.1) is 12.6 Å². The highest BCUT2D eigenvalue weighted by molar-refractivity contribution is 5.15. The molecule has 0 spiro atoms. The minimum absolute atomic E-state index is 0.167. The molecule has 3 nitrogen and oxygen atoms in total. The zero-order chi connectivity index (χ0) is 9.80. The lowest BCUT2D eigenvalue weighted by Gasteiger charge is -2.25. The summed E-state index contributed by atoms with van der Waals surface area (Å²) in [5.41, 5.74) is 1.17. The van der Waals surface area contributed by atoms with E-state index in [-0.39, 0.29) is 12.6 Å². The summed E-state index contributed by atoms with van der Waals surface area (Å²) >= 11 is 0. The number of aliphatic hydroxyl groups excluding tert-OH is 1. The van der Waals surface area contributed by atoms with Crippen molar-refractivity contribution in [2.45, 2.75) is 18.9 Å². The first-order valence-electron chi connectivity index (χ1n) is 5.16. The lowest BCUT2D eigenvalue weighted by Crippen LogP contribution is -2.28. The highest BCUT2D eigenvalue weighted by Crippen LogP contribution is 2.23. The van der Waals surface area contributed by atoms with E-state index in [1.807, 2.05) is 12.1 Å². The lowest BCUT2D eigenvalue weighted by atomic mass is 10.1. The topological polar surface area (TPSA) is 36.4 Å². The quantitative estimate of drug-likeness (QED) is 0.782. The van der Waals surface area contributed by atoms with Crippen LogP contribution in [0.15, 0.2) is 24.5 Å². The third kappa shape index (κ3) is 1.94. The maximum absolute atomic E-state index is 9.38. The van der Waals surface area contributed by atoms with Crippen LogP contribution in [0, 0.1) is 0 Å². The second-order valence-corrected chi connectivity index (χ2v) is 3.72. The normalized spacial score (nSPS) is 19.8. The van der Waals surface area contributed by atoms with Gasteiger partial charge in [-0.2, -0.15) is 0 Å². The molecule has 1 aromatic rings. The number of aromatic nitrogens is 1. The van der Waals surface area contributed by atoms with Gasteiger partial charge in [-0.3, -0.25) is 9.88 Å². The highest BCUT2D eigenvalue weighted by atomic mass is 16.3. The molecule has 0 radical (unpaired) electrons. The van der Waals surface area contributed by atoms with Crippen molar-refractivity contribution in [1.82, 2.24) is 9.88 Å². The van der Waals surface area contributed by atoms with Gasteiger partial charge in [0, 0.05) is 12.4 Å². The molecular formula is C11H16N2O. The average molecular weight is 192 g/mol. The third-order valence-corrected chi connectivity index (χ3v) is 2.85. The monoisotopic (exact) mass is 192 g/mol. The third-order valence-electron chi connectivity index (χ3n) is 2.85. The zero-order valence-corrected chi connectivity index (χ0v) is 8.26. The van der Waals surface area contributed by atoms with Crippen molar-refractivity contribution in [3.8, 4) is 0 Å². The van der Waals surface area contributed by atoms with Crippen molar-refractivity contribution in [1.29, 1.82) is 0 Å². The smallest absolute Gasteiger partial charge is 0.0628 e. The van der Waals surface area contributed by atoms with Crippen LogP contribution in [0.4, 0.5) is 0 Å². The molecule has 2 heterocycles. The highest BCUT2D eigenvalue weighted by Gasteiger charge is 2.22. The summed E-state index contributed by atoms with van der Waals surface area (Å²) in [6.45, 7) is 2.41. The summed E-state index contributed by atoms with van der Waals surface area (Å²) in [4.78, 5) is 6.33. The Morgan fingerprint density at radius 1 is 1.29 bits per heavy atom. The molecule has 2 rings (SSSR count). The van der Waals surface area contributed by atoms with Crippen LogP contribution < -0.4 is 0 Å². The van der Waals surface area contributed by atoms with E-state index in [0.717, 1.165) is 13.1 Å². The summed E-state index contributed by atoms with van der Waals surface area (Å²) in [6.07, 6.45) is 6.07. The number of nitrogens with zero attached hydrogens (tertiary/aromatic N) is 2. The molecule has 14 heavy (non-hydrogen) atoms. The number of hydrogen-bond acceptors (Lipinski definition) is 3. The van der Waals surface area contributed by atoms with E-state index in [1.165, 1.54) is 18.4 Å². The molecule has 0 bridgehead atoms. The van der Waals surface area contributed by atoms with Crippen molar-refractivity contribution in [3.05, 3.63) is 30.1 Å². The molecule has 1 atom stereocenters. The minimum Gasteiger partial charge on any atom is -0.394 e. The van der Waals surface area contributed by atoms with Gasteiger partial charge in [0.1, 0.15) is 0 Å². The van der Waals surface area contributed by atoms with Gasteiger partial charge in [0.2, 0.25) is 0 Å². The van der Waals surface area contributed by atoms with Crippen molar-refractivity contribution in [2.24, 2.45) is 0 Å². The fourth-order valence-electron chi connectivity index (χ4n) is 2.07. The Morgan fingerprint density at radius 3 is 2.50 bits per heavy atom. The summed E-state index contributed by atoms with van der Waals surface area (Å²) in [5, 5.41) is 9.38. The van der Waals surface area contributed by atoms with Crippen LogP contribution in [0.25, 0.3) is 0 Å². The van der Waals surface area contributed by atoms with Crippen LogP contribution in [0.1, 0.15) is 24.4 Å². The van der Waals surface area contributed by atoms with E-state index in [1.54, 1.807) is 12.4 Å². The van der Waals surface area contributed by atoms with Crippen LogP contribution in [-0.2, 0) is 0 Å². The molecule has 1 aromatic heterocycles. The molecule has 1 saturated heterocycles. The summed E-state index contributed by atoms with van der Waals surface area (Å²) in [5.74, 6) is 0. The fourth-order valence-corrected chi connectivity index (χ4v) is 2.07. The maximum atomic E-state index is 9.38. The number of aliphatic hydroxyl groups is 1. The van der Waals surface area contributed by atoms with Gasteiger partial charge in [0.25, 0.3) is 0 Å². The van der Waals surface area contributed by atoms with E-state index >= 15 is 0 Å². The first-order chi connectivity index (χ1) is 6.92. The summed E-state index contributed by atoms with van der Waals surface area (Å²) in [6, 6.07) is 4.14. The SMILES string of the molecule is OC[C@@H](c1ccncc1)N1CCCC1. The van der Waals surface area contributed by atoms with Crippen LogP contribution in [0.5, 0.6) is 0 Å². The van der Waals surface area contributed by atoms with E-state index < -0.39 is 0 Å². The van der Waals surface area contributed by atoms with Gasteiger partial charge in [-0.05, 0) is 43.6 Å². The molecular weight excluding hydrogens is 176 g/mol. The number of likely N-dealkylation sites (tertiary alicyclic amines) is 1. The molecule has 1 aliphatic heterocycles. The summed E-state index contributed by atoms with van der Waals surface area (Å²) in [7, 11) is 0. The van der Waals surface area contributed by atoms with Crippen LogP contribution in [0.2, 0.25) is 0 Å². The van der Waals surface area contributed by atoms with Crippen LogP contribution in [0.3, 0.4) is 0 Å². The largest absolute Gasteiger partial charge is 0.394 e. The Bertz CT molecular complexity index is 270. The fraction of sp³-hybridized carbons (Fsp3) is 0.545. The Balaban J connectivity index is 2.12.